The molecule has 2 rings (SSSR count). The quantitative estimate of drug-likeness (QED) is 0.553. The molecule has 1 aromatic rings. The molecule has 1 aliphatic heterocycles. The van der Waals surface area contributed by atoms with Crippen LogP contribution in [0.3, 0.4) is 0 Å². The number of hydrogen-bond donors (Lipinski definition) is 0. The number of nitrogens with zero attached hydrogens (tertiary/aromatic N) is 3. The van der Waals surface area contributed by atoms with Crippen LogP contribution in [0.1, 0.15) is 12.0 Å². The normalized spacial score (nSPS) is 16.0. The van der Waals surface area contributed by atoms with E-state index in [4.69, 9.17) is 9.47 Å². The van der Waals surface area contributed by atoms with Crippen molar-refractivity contribution < 1.29 is 14.3 Å². The molecule has 0 bridgehead atoms. The summed E-state index contributed by atoms with van der Waals surface area (Å²) in [4.78, 5) is 27.3. The van der Waals surface area contributed by atoms with Crippen LogP contribution in [0, 0.1) is 4.91 Å². The van der Waals surface area contributed by atoms with Crippen LogP contribution in [0.5, 0.6) is 11.5 Å². The van der Waals surface area contributed by atoms with Crippen molar-refractivity contribution in [3.63, 3.8) is 0 Å². The molecule has 140 valence electrons. The maximum absolute atomic E-state index is 12.2. The molecular formula is C19H25N3O4. The molecule has 7 nitrogen and oxygen atoms in total. The Labute approximate surface area is 153 Å². The average molecular weight is 359 g/mol. The summed E-state index contributed by atoms with van der Waals surface area (Å²) in [5.74, 6) is 1.25. The molecule has 7 heteroatoms. The highest BCUT2D eigenvalue weighted by Gasteiger charge is 2.17. The number of likely N-dealkylation sites (N-methyl/N-ethyl adjacent to an activating group) is 1. The largest absolute Gasteiger partial charge is 0.493 e. The van der Waals surface area contributed by atoms with Crippen molar-refractivity contribution in [1.29, 1.82) is 0 Å². The zero-order valence-electron chi connectivity index (χ0n) is 15.5. The first kappa shape index (κ1) is 19.7. The number of carbonyl (C=O) groups is 1. The van der Waals surface area contributed by atoms with Crippen molar-refractivity contribution in [3.8, 4) is 11.5 Å². The summed E-state index contributed by atoms with van der Waals surface area (Å²) < 4.78 is 10.4. The lowest BCUT2D eigenvalue weighted by Crippen LogP contribution is -2.46. The number of hydrogen-bond acceptors (Lipinski definition) is 6. The number of benzene rings is 1. The molecule has 26 heavy (non-hydrogen) atoms. The molecule has 1 fully saturated rings. The van der Waals surface area contributed by atoms with E-state index < -0.39 is 0 Å². The Morgan fingerprint density at radius 2 is 1.85 bits per heavy atom. The molecule has 0 aliphatic carbocycles. The van der Waals surface area contributed by atoms with Crippen molar-refractivity contribution in [2.45, 2.75) is 6.42 Å². The third-order valence-electron chi connectivity index (χ3n) is 4.30. The zero-order valence-corrected chi connectivity index (χ0v) is 15.5. The summed E-state index contributed by atoms with van der Waals surface area (Å²) in [5.41, 5.74) is 1.06. The number of amides is 1. The van der Waals surface area contributed by atoms with Gasteiger partial charge in [-0.25, -0.2) is 0 Å². The van der Waals surface area contributed by atoms with Gasteiger partial charge in [-0.1, -0.05) is 12.1 Å². The number of rotatable bonds is 7. The van der Waals surface area contributed by atoms with Crippen LogP contribution in [0.4, 0.5) is 0 Å². The van der Waals surface area contributed by atoms with Crippen LogP contribution >= 0.6 is 0 Å². The molecule has 1 aliphatic rings. The first-order valence-electron chi connectivity index (χ1n) is 8.47. The second-order valence-corrected chi connectivity index (χ2v) is 6.06. The first-order chi connectivity index (χ1) is 12.6. The number of nitroso groups, excluding NO2 is 1. The van der Waals surface area contributed by atoms with Crippen LogP contribution in [-0.4, -0.2) is 63.2 Å². The maximum atomic E-state index is 12.2. The van der Waals surface area contributed by atoms with Crippen molar-refractivity contribution in [3.05, 3.63) is 46.5 Å². The highest BCUT2D eigenvalue weighted by Crippen LogP contribution is 2.28. The molecule has 1 amide bonds. The average Bonchev–Trinajstić information content (AvgIpc) is 2.68. The lowest BCUT2D eigenvalue weighted by atomic mass is 10.1. The van der Waals surface area contributed by atoms with E-state index in [1.54, 1.807) is 44.6 Å². The third-order valence-corrected chi connectivity index (χ3v) is 4.30. The van der Waals surface area contributed by atoms with Gasteiger partial charge in [-0.05, 0) is 42.1 Å². The minimum atomic E-state index is 0.0127. The van der Waals surface area contributed by atoms with Crippen LogP contribution in [0.2, 0.25) is 0 Å². The number of methoxy groups -OCH3 is 2. The van der Waals surface area contributed by atoms with Gasteiger partial charge in [-0.2, -0.15) is 0 Å². The lowest BCUT2D eigenvalue weighted by molar-refractivity contribution is -0.131. The number of carbonyl (C=O) groups excluding carboxylic acids is 1. The minimum absolute atomic E-state index is 0.0127. The van der Waals surface area contributed by atoms with E-state index in [9.17, 15) is 9.70 Å². The summed E-state index contributed by atoms with van der Waals surface area (Å²) in [5, 5.41) is 3.00. The Kier molecular flexibility index (Phi) is 7.35. The minimum Gasteiger partial charge on any atom is -0.493 e. The van der Waals surface area contributed by atoms with E-state index in [2.05, 4.69) is 10.1 Å². The first-order valence-corrected chi connectivity index (χ1v) is 8.47. The summed E-state index contributed by atoms with van der Waals surface area (Å²) in [6, 6.07) is 5.43. The van der Waals surface area contributed by atoms with E-state index in [0.717, 1.165) is 18.7 Å². The van der Waals surface area contributed by atoms with Gasteiger partial charge in [-0.15, -0.1) is 4.91 Å². The van der Waals surface area contributed by atoms with E-state index in [1.165, 1.54) is 0 Å². The second kappa shape index (κ2) is 9.72. The second-order valence-electron chi connectivity index (χ2n) is 6.06. The Morgan fingerprint density at radius 3 is 2.46 bits per heavy atom. The molecule has 0 saturated carbocycles. The lowest BCUT2D eigenvalue weighted by Gasteiger charge is -2.32. The van der Waals surface area contributed by atoms with E-state index in [1.807, 2.05) is 18.0 Å². The smallest absolute Gasteiger partial charge is 0.226 e. The maximum Gasteiger partial charge on any atom is 0.226 e. The molecule has 0 aromatic heterocycles. The Bertz CT molecular complexity index is 692. The van der Waals surface area contributed by atoms with Crippen molar-refractivity contribution in [1.82, 2.24) is 9.80 Å². The topological polar surface area (TPSA) is 71.4 Å². The standard InChI is InChI=1S/C19H25N3O4/c1-21-10-12-22(13-11-21)19(23)9-7-16(20-24)6-4-15-5-8-17(25-2)18(14-15)26-3/h4-8,14H,9-13H2,1-3H3. The molecule has 0 spiro atoms. The van der Waals surface area contributed by atoms with E-state index in [0.29, 0.717) is 24.6 Å². The van der Waals surface area contributed by atoms with Crippen LogP contribution in [-0.2, 0) is 4.79 Å². The van der Waals surface area contributed by atoms with Crippen molar-refractivity contribution >= 4 is 12.0 Å². The van der Waals surface area contributed by atoms with Gasteiger partial charge < -0.3 is 19.3 Å². The van der Waals surface area contributed by atoms with Gasteiger partial charge >= 0.3 is 0 Å². The van der Waals surface area contributed by atoms with Gasteiger partial charge in [0.2, 0.25) is 5.91 Å². The van der Waals surface area contributed by atoms with Gasteiger partial charge in [0.1, 0.15) is 5.70 Å². The molecule has 0 radical (unpaired) electrons. The number of allylic oxidation sites excluding steroid dienone is 1. The Morgan fingerprint density at radius 1 is 1.15 bits per heavy atom. The Balaban J connectivity index is 1.99. The summed E-state index contributed by atoms with van der Waals surface area (Å²) in [6.07, 6.45) is 5.06. The van der Waals surface area contributed by atoms with Crippen LogP contribution < -0.4 is 9.47 Å². The van der Waals surface area contributed by atoms with Crippen LogP contribution in [0.25, 0.3) is 6.08 Å². The molecular weight excluding hydrogens is 334 g/mol. The van der Waals surface area contributed by atoms with Crippen LogP contribution in [0.15, 0.2) is 41.2 Å². The van der Waals surface area contributed by atoms with E-state index in [-0.39, 0.29) is 18.0 Å². The fraction of sp³-hybridized carbons (Fsp3) is 0.421. The third kappa shape index (κ3) is 5.42. The number of ether oxygens (including phenoxy) is 2. The number of piperazine rings is 1. The highest BCUT2D eigenvalue weighted by molar-refractivity contribution is 5.78. The molecule has 1 aromatic carbocycles. The van der Waals surface area contributed by atoms with Gasteiger partial charge in [0, 0.05) is 32.6 Å². The monoisotopic (exact) mass is 359 g/mol. The predicted octanol–water partition coefficient (Wildman–Crippen LogP) is 2.53. The fourth-order valence-electron chi connectivity index (χ4n) is 2.65. The Hall–Kier alpha value is -2.67. The van der Waals surface area contributed by atoms with Gasteiger partial charge in [-0.3, -0.25) is 4.79 Å². The van der Waals surface area contributed by atoms with Gasteiger partial charge in [0.15, 0.2) is 11.5 Å². The molecule has 1 saturated heterocycles. The molecule has 0 unspecified atom stereocenters. The summed E-state index contributed by atoms with van der Waals surface area (Å²) in [7, 11) is 5.17. The van der Waals surface area contributed by atoms with Gasteiger partial charge in [0.25, 0.3) is 0 Å². The molecule has 0 N–H and O–H groups in total. The SMILES string of the molecule is COc1ccc(C=CC(=CCC(=O)N2CCN(C)CC2)N=O)cc1OC. The fourth-order valence-corrected chi connectivity index (χ4v) is 2.65. The zero-order chi connectivity index (χ0) is 18.9. The van der Waals surface area contributed by atoms with Crippen molar-refractivity contribution in [2.75, 3.05) is 47.4 Å². The predicted molar refractivity (Wildman–Crippen MR) is 101 cm³/mol. The summed E-state index contributed by atoms with van der Waals surface area (Å²) in [6.45, 7) is 3.17. The van der Waals surface area contributed by atoms with E-state index >= 15 is 0 Å². The van der Waals surface area contributed by atoms with Crippen molar-refractivity contribution in [2.24, 2.45) is 5.18 Å². The molecule has 1 heterocycles. The highest BCUT2D eigenvalue weighted by atomic mass is 16.5. The molecule has 0 atom stereocenters. The summed E-state index contributed by atoms with van der Waals surface area (Å²) >= 11 is 0. The van der Waals surface area contributed by atoms with Gasteiger partial charge in [0.05, 0.1) is 14.2 Å².